The predicted octanol–water partition coefficient (Wildman–Crippen LogP) is 3.85. The van der Waals surface area contributed by atoms with Gasteiger partial charge in [0.2, 0.25) is 0 Å². The number of para-hydroxylation sites is 1. The van der Waals surface area contributed by atoms with Crippen LogP contribution in [0.4, 0.5) is 14.5 Å². The van der Waals surface area contributed by atoms with E-state index in [2.05, 4.69) is 10.00 Å². The standard InChI is InChI=1S/C23H24F2N4O/c1-17-20(16-26-29(17)19-8-6-18(24)7-9-19)23(30)10-11-27-12-14-28(15-13-27)22-5-3-2-4-21(22)25/h2-9,16H,10-15H2,1H3. The first kappa shape index (κ1) is 20.2. The van der Waals surface area contributed by atoms with Crippen LogP contribution in [-0.2, 0) is 0 Å². The lowest BCUT2D eigenvalue weighted by Crippen LogP contribution is -2.47. The second-order valence-electron chi connectivity index (χ2n) is 7.49. The zero-order chi connectivity index (χ0) is 21.1. The molecule has 0 N–H and O–H groups in total. The molecule has 0 atom stereocenters. The highest BCUT2D eigenvalue weighted by molar-refractivity contribution is 5.97. The van der Waals surface area contributed by atoms with E-state index in [-0.39, 0.29) is 17.4 Å². The van der Waals surface area contributed by atoms with Crippen LogP contribution in [0.5, 0.6) is 0 Å². The van der Waals surface area contributed by atoms with Gasteiger partial charge in [-0.15, -0.1) is 0 Å². The highest BCUT2D eigenvalue weighted by Crippen LogP contribution is 2.21. The van der Waals surface area contributed by atoms with Gasteiger partial charge in [-0.2, -0.15) is 5.10 Å². The Kier molecular flexibility index (Phi) is 5.90. The summed E-state index contributed by atoms with van der Waals surface area (Å²) in [5, 5.41) is 4.30. The number of piperazine rings is 1. The first-order chi connectivity index (χ1) is 14.5. The molecule has 1 fully saturated rings. The number of hydrogen-bond acceptors (Lipinski definition) is 4. The molecule has 1 aromatic heterocycles. The highest BCUT2D eigenvalue weighted by Gasteiger charge is 2.21. The number of carbonyl (C=O) groups excluding carboxylic acids is 1. The van der Waals surface area contributed by atoms with Gasteiger partial charge in [-0.25, -0.2) is 13.5 Å². The number of halogens is 2. The molecular weight excluding hydrogens is 386 g/mol. The number of Topliss-reactive ketones (excluding diaryl/α,β-unsaturated/α-hetero) is 1. The molecule has 0 spiro atoms. The second-order valence-corrected chi connectivity index (χ2v) is 7.49. The quantitative estimate of drug-likeness (QED) is 0.579. The second kappa shape index (κ2) is 8.75. The lowest BCUT2D eigenvalue weighted by Gasteiger charge is -2.36. The van der Waals surface area contributed by atoms with Gasteiger partial charge in [0.25, 0.3) is 0 Å². The summed E-state index contributed by atoms with van der Waals surface area (Å²) in [7, 11) is 0. The van der Waals surface area contributed by atoms with Crippen LogP contribution in [-0.4, -0.2) is 53.2 Å². The van der Waals surface area contributed by atoms with E-state index in [0.29, 0.717) is 24.2 Å². The Hall–Kier alpha value is -3.06. The predicted molar refractivity (Wildman–Crippen MR) is 112 cm³/mol. The summed E-state index contributed by atoms with van der Waals surface area (Å²) in [4.78, 5) is 17.0. The molecule has 3 aromatic rings. The fourth-order valence-corrected chi connectivity index (χ4v) is 3.84. The summed E-state index contributed by atoms with van der Waals surface area (Å²) in [5.74, 6) is -0.470. The van der Waals surface area contributed by atoms with Gasteiger partial charge in [0.15, 0.2) is 5.78 Å². The summed E-state index contributed by atoms with van der Waals surface area (Å²) in [5.41, 5.74) is 2.69. The van der Waals surface area contributed by atoms with Gasteiger partial charge in [-0.3, -0.25) is 9.69 Å². The smallest absolute Gasteiger partial charge is 0.167 e. The molecular formula is C23H24F2N4O. The lowest BCUT2D eigenvalue weighted by atomic mass is 10.1. The molecule has 1 aliphatic heterocycles. The molecule has 30 heavy (non-hydrogen) atoms. The van der Waals surface area contributed by atoms with Gasteiger partial charge in [0.1, 0.15) is 11.6 Å². The normalized spacial score (nSPS) is 14.8. The number of nitrogens with zero attached hydrogens (tertiary/aromatic N) is 4. The number of anilines is 1. The van der Waals surface area contributed by atoms with Crippen LogP contribution in [0.25, 0.3) is 5.69 Å². The van der Waals surface area contributed by atoms with E-state index in [9.17, 15) is 13.6 Å². The third-order valence-electron chi connectivity index (χ3n) is 5.60. The number of benzene rings is 2. The van der Waals surface area contributed by atoms with Crippen LogP contribution in [0.15, 0.2) is 54.7 Å². The Morgan fingerprint density at radius 1 is 1.00 bits per heavy atom. The molecule has 1 saturated heterocycles. The van der Waals surface area contributed by atoms with E-state index in [0.717, 1.165) is 37.6 Å². The van der Waals surface area contributed by atoms with Crippen LogP contribution in [0.2, 0.25) is 0 Å². The lowest BCUT2D eigenvalue weighted by molar-refractivity contribution is 0.0962. The van der Waals surface area contributed by atoms with E-state index in [1.807, 2.05) is 17.9 Å². The van der Waals surface area contributed by atoms with Crippen molar-refractivity contribution < 1.29 is 13.6 Å². The van der Waals surface area contributed by atoms with Crippen LogP contribution < -0.4 is 4.90 Å². The minimum atomic E-state index is -0.310. The first-order valence-electron chi connectivity index (χ1n) is 10.1. The molecule has 0 amide bonds. The Bertz CT molecular complexity index is 1020. The summed E-state index contributed by atoms with van der Waals surface area (Å²) in [6.07, 6.45) is 1.98. The van der Waals surface area contributed by atoms with Crippen molar-refractivity contribution in [2.45, 2.75) is 13.3 Å². The molecule has 2 aromatic carbocycles. The molecule has 0 saturated carbocycles. The van der Waals surface area contributed by atoms with Crippen molar-refractivity contribution in [3.63, 3.8) is 0 Å². The van der Waals surface area contributed by atoms with Crippen molar-refractivity contribution in [2.24, 2.45) is 0 Å². The summed E-state index contributed by atoms with van der Waals surface area (Å²) in [6.45, 7) is 5.54. The van der Waals surface area contributed by atoms with Crippen molar-refractivity contribution in [1.29, 1.82) is 0 Å². The molecule has 1 aliphatic rings. The number of ketones is 1. The fourth-order valence-electron chi connectivity index (χ4n) is 3.84. The topological polar surface area (TPSA) is 41.4 Å². The maximum absolute atomic E-state index is 14.0. The molecule has 0 bridgehead atoms. The van der Waals surface area contributed by atoms with E-state index in [1.165, 1.54) is 18.2 Å². The maximum atomic E-state index is 14.0. The monoisotopic (exact) mass is 410 g/mol. The molecule has 4 rings (SSSR count). The zero-order valence-electron chi connectivity index (χ0n) is 16.9. The van der Waals surface area contributed by atoms with Crippen LogP contribution >= 0.6 is 0 Å². The molecule has 156 valence electrons. The molecule has 2 heterocycles. The summed E-state index contributed by atoms with van der Waals surface area (Å²) < 4.78 is 28.8. The first-order valence-corrected chi connectivity index (χ1v) is 10.1. The minimum Gasteiger partial charge on any atom is -0.367 e. The van der Waals surface area contributed by atoms with Crippen molar-refractivity contribution in [3.05, 3.63) is 77.6 Å². The Labute approximate surface area is 174 Å². The largest absolute Gasteiger partial charge is 0.367 e. The zero-order valence-corrected chi connectivity index (χ0v) is 16.9. The fraction of sp³-hybridized carbons (Fsp3) is 0.304. The Balaban J connectivity index is 1.32. The van der Waals surface area contributed by atoms with Gasteiger partial charge >= 0.3 is 0 Å². The Morgan fingerprint density at radius 2 is 1.70 bits per heavy atom. The van der Waals surface area contributed by atoms with Gasteiger partial charge in [-0.1, -0.05) is 12.1 Å². The molecule has 0 aliphatic carbocycles. The van der Waals surface area contributed by atoms with E-state index < -0.39 is 0 Å². The van der Waals surface area contributed by atoms with Crippen molar-refractivity contribution in [1.82, 2.24) is 14.7 Å². The van der Waals surface area contributed by atoms with Gasteiger partial charge in [-0.05, 0) is 43.3 Å². The average molecular weight is 410 g/mol. The average Bonchev–Trinajstić information content (AvgIpc) is 3.15. The van der Waals surface area contributed by atoms with Gasteiger partial charge in [0, 0.05) is 39.1 Å². The third-order valence-corrected chi connectivity index (χ3v) is 5.60. The molecule has 0 radical (unpaired) electrons. The van der Waals surface area contributed by atoms with E-state index in [1.54, 1.807) is 35.1 Å². The van der Waals surface area contributed by atoms with E-state index in [4.69, 9.17) is 0 Å². The molecule has 0 unspecified atom stereocenters. The third kappa shape index (κ3) is 4.26. The summed E-state index contributed by atoms with van der Waals surface area (Å²) in [6, 6.07) is 12.8. The number of carbonyl (C=O) groups is 1. The highest BCUT2D eigenvalue weighted by atomic mass is 19.1. The Morgan fingerprint density at radius 3 is 2.40 bits per heavy atom. The van der Waals surface area contributed by atoms with E-state index >= 15 is 0 Å². The SMILES string of the molecule is Cc1c(C(=O)CCN2CCN(c3ccccc3F)CC2)cnn1-c1ccc(F)cc1. The van der Waals surface area contributed by atoms with Crippen molar-refractivity contribution in [2.75, 3.05) is 37.6 Å². The van der Waals surface area contributed by atoms with Crippen LogP contribution in [0, 0.1) is 18.6 Å². The maximum Gasteiger partial charge on any atom is 0.167 e. The number of hydrogen-bond donors (Lipinski definition) is 0. The van der Waals surface area contributed by atoms with Crippen molar-refractivity contribution in [3.8, 4) is 5.69 Å². The van der Waals surface area contributed by atoms with Crippen molar-refractivity contribution >= 4 is 11.5 Å². The number of rotatable bonds is 6. The molecule has 5 nitrogen and oxygen atoms in total. The number of aromatic nitrogens is 2. The molecule has 7 heteroatoms. The van der Waals surface area contributed by atoms with Gasteiger partial charge in [0.05, 0.1) is 28.8 Å². The van der Waals surface area contributed by atoms with Gasteiger partial charge < -0.3 is 4.90 Å². The minimum absolute atomic E-state index is 0.0393. The summed E-state index contributed by atoms with van der Waals surface area (Å²) >= 11 is 0. The van der Waals surface area contributed by atoms with Crippen LogP contribution in [0.3, 0.4) is 0 Å². The van der Waals surface area contributed by atoms with Crippen LogP contribution in [0.1, 0.15) is 22.5 Å².